The number of aliphatic hydroxyl groups is 1. The van der Waals surface area contributed by atoms with Crippen LogP contribution in [0, 0.1) is 0 Å². The highest BCUT2D eigenvalue weighted by atomic mass is 35.5. The molecular weight excluding hydrogens is 581 g/mol. The van der Waals surface area contributed by atoms with Gasteiger partial charge in [-0.25, -0.2) is 0 Å². The van der Waals surface area contributed by atoms with Crippen LogP contribution in [0.3, 0.4) is 0 Å². The minimum absolute atomic E-state index is 0.118. The third-order valence-corrected chi connectivity index (χ3v) is 8.59. The molecule has 5 rings (SSSR count). The van der Waals surface area contributed by atoms with Gasteiger partial charge in [0.1, 0.15) is 5.76 Å². The number of rotatable bonds is 7. The molecule has 1 amide bonds. The molecule has 1 fully saturated rings. The summed E-state index contributed by atoms with van der Waals surface area (Å²) in [5, 5.41) is 31.0. The van der Waals surface area contributed by atoms with Crippen molar-refractivity contribution in [3.8, 4) is 11.5 Å². The number of benzene rings is 3. The summed E-state index contributed by atoms with van der Waals surface area (Å²) in [6, 6.07) is 17.0. The number of thioether (sulfide) groups is 1. The lowest BCUT2D eigenvalue weighted by molar-refractivity contribution is -0.132. The van der Waals surface area contributed by atoms with E-state index in [-0.39, 0.29) is 28.0 Å². The summed E-state index contributed by atoms with van der Waals surface area (Å²) in [4.78, 5) is 27.9. The van der Waals surface area contributed by atoms with Crippen LogP contribution in [0.25, 0.3) is 5.76 Å². The zero-order valence-electron chi connectivity index (χ0n) is 20.2. The Morgan fingerprint density at radius 1 is 1.03 bits per heavy atom. The number of ether oxygens (including phenoxy) is 1. The topological polar surface area (TPSA) is 113 Å². The van der Waals surface area contributed by atoms with Crippen LogP contribution in [0.15, 0.2) is 76.6 Å². The maximum atomic E-state index is 13.4. The number of phenolic OH excluding ortho intramolecular Hbond substituents is 1. The quantitative estimate of drug-likeness (QED) is 0.0816. The van der Waals surface area contributed by atoms with E-state index in [4.69, 9.17) is 27.9 Å². The van der Waals surface area contributed by atoms with Crippen LogP contribution >= 0.6 is 46.3 Å². The lowest BCUT2D eigenvalue weighted by atomic mass is 9.95. The van der Waals surface area contributed by atoms with E-state index < -0.39 is 17.7 Å². The normalized spacial score (nSPS) is 16.6. The van der Waals surface area contributed by atoms with Gasteiger partial charge in [-0.05, 0) is 59.7 Å². The van der Waals surface area contributed by atoms with Crippen molar-refractivity contribution in [3.05, 3.63) is 99.0 Å². The van der Waals surface area contributed by atoms with Crippen molar-refractivity contribution in [3.63, 3.8) is 0 Å². The van der Waals surface area contributed by atoms with Crippen molar-refractivity contribution < 1.29 is 24.5 Å². The molecule has 1 atom stereocenters. The number of hydrogen-bond acceptors (Lipinski definition) is 9. The number of nitrogens with zero attached hydrogens (tertiary/aromatic N) is 3. The van der Waals surface area contributed by atoms with Crippen molar-refractivity contribution in [2.45, 2.75) is 16.1 Å². The number of Topliss-reactive ketones (excluding diaryl/α,β-unsaturated/α-hetero) is 1. The average Bonchev–Trinajstić information content (AvgIpc) is 3.50. The molecule has 0 aliphatic carbocycles. The van der Waals surface area contributed by atoms with Crippen molar-refractivity contribution in [1.29, 1.82) is 0 Å². The molecule has 1 unspecified atom stereocenters. The zero-order valence-corrected chi connectivity index (χ0v) is 23.3. The molecule has 0 saturated carbocycles. The molecule has 0 radical (unpaired) electrons. The number of anilines is 1. The standard InChI is InChI=1S/C27H19Cl2N3O5S2/c1-37-20-12-16(6-11-19(20)33)22-21(23(34)15-4-9-18(29)10-5-15)24(35)25(36)32(22)26-30-31-27(39-26)38-13-14-2-7-17(28)8-3-14/h2-12,22,33-34H,13H2,1H3/b23-21-. The third-order valence-electron chi connectivity index (χ3n) is 5.96. The Bertz CT molecular complexity index is 1590. The summed E-state index contributed by atoms with van der Waals surface area (Å²) in [6.45, 7) is 0. The Morgan fingerprint density at radius 2 is 1.69 bits per heavy atom. The number of amides is 1. The van der Waals surface area contributed by atoms with Crippen LogP contribution in [-0.2, 0) is 15.3 Å². The summed E-state index contributed by atoms with van der Waals surface area (Å²) in [7, 11) is 1.39. The Morgan fingerprint density at radius 3 is 2.36 bits per heavy atom. The van der Waals surface area contributed by atoms with Gasteiger partial charge in [0, 0.05) is 21.4 Å². The largest absolute Gasteiger partial charge is 0.507 e. The first-order valence-electron chi connectivity index (χ1n) is 11.4. The molecule has 1 aliphatic rings. The van der Waals surface area contributed by atoms with Gasteiger partial charge in [-0.2, -0.15) is 0 Å². The van der Waals surface area contributed by atoms with Gasteiger partial charge in [0.15, 0.2) is 15.8 Å². The molecule has 2 heterocycles. The Hall–Kier alpha value is -3.57. The summed E-state index contributed by atoms with van der Waals surface area (Å²) in [5.74, 6) is -1.50. The van der Waals surface area contributed by atoms with Gasteiger partial charge in [-0.3, -0.25) is 14.5 Å². The van der Waals surface area contributed by atoms with Gasteiger partial charge in [-0.1, -0.05) is 64.5 Å². The van der Waals surface area contributed by atoms with Crippen LogP contribution < -0.4 is 9.64 Å². The van der Waals surface area contributed by atoms with Crippen LogP contribution in [0.2, 0.25) is 10.0 Å². The fraction of sp³-hybridized carbons (Fsp3) is 0.111. The Labute approximate surface area is 241 Å². The Kier molecular flexibility index (Phi) is 7.81. The van der Waals surface area contributed by atoms with E-state index in [0.717, 1.165) is 16.9 Å². The number of carbonyl (C=O) groups is 2. The number of halogens is 2. The van der Waals surface area contributed by atoms with Crippen molar-refractivity contribution in [1.82, 2.24) is 10.2 Å². The van der Waals surface area contributed by atoms with Crippen molar-refractivity contribution in [2.75, 3.05) is 12.0 Å². The molecule has 39 heavy (non-hydrogen) atoms. The van der Waals surface area contributed by atoms with Gasteiger partial charge < -0.3 is 14.9 Å². The molecule has 0 bridgehead atoms. The number of aromatic hydroxyl groups is 1. The fourth-order valence-corrected chi connectivity index (χ4v) is 6.13. The average molecular weight is 601 g/mol. The third kappa shape index (κ3) is 5.46. The second kappa shape index (κ2) is 11.3. The molecule has 8 nitrogen and oxygen atoms in total. The number of aromatic nitrogens is 2. The van der Waals surface area contributed by atoms with Gasteiger partial charge in [-0.15, -0.1) is 10.2 Å². The maximum absolute atomic E-state index is 13.4. The molecule has 3 aromatic carbocycles. The van der Waals surface area contributed by atoms with Crippen LogP contribution in [0.1, 0.15) is 22.7 Å². The number of phenols is 1. The molecule has 198 valence electrons. The molecule has 12 heteroatoms. The first-order valence-corrected chi connectivity index (χ1v) is 14.0. The molecule has 1 aliphatic heterocycles. The Balaban J connectivity index is 1.56. The summed E-state index contributed by atoms with van der Waals surface area (Å²) in [6.07, 6.45) is 0. The first kappa shape index (κ1) is 27.0. The van der Waals surface area contributed by atoms with E-state index in [0.29, 0.717) is 31.3 Å². The van der Waals surface area contributed by atoms with E-state index in [1.54, 1.807) is 42.5 Å². The lowest BCUT2D eigenvalue weighted by Crippen LogP contribution is -2.29. The van der Waals surface area contributed by atoms with E-state index in [1.165, 1.54) is 35.9 Å². The highest BCUT2D eigenvalue weighted by molar-refractivity contribution is 8.00. The lowest BCUT2D eigenvalue weighted by Gasteiger charge is -2.23. The molecule has 1 aromatic heterocycles. The van der Waals surface area contributed by atoms with Crippen molar-refractivity contribution >= 4 is 68.9 Å². The van der Waals surface area contributed by atoms with Crippen molar-refractivity contribution in [2.24, 2.45) is 0 Å². The number of hydrogen-bond donors (Lipinski definition) is 2. The van der Waals surface area contributed by atoms with E-state index >= 15 is 0 Å². The minimum Gasteiger partial charge on any atom is -0.507 e. The van der Waals surface area contributed by atoms with Gasteiger partial charge in [0.2, 0.25) is 5.13 Å². The summed E-state index contributed by atoms with van der Waals surface area (Å²) < 4.78 is 5.84. The minimum atomic E-state index is -1.06. The fourth-order valence-electron chi connectivity index (χ4n) is 4.06. The molecular formula is C27H19Cl2N3O5S2. The van der Waals surface area contributed by atoms with Crippen LogP contribution in [0.4, 0.5) is 5.13 Å². The number of ketones is 1. The van der Waals surface area contributed by atoms with Gasteiger partial charge >= 0.3 is 5.91 Å². The second-order valence-corrected chi connectivity index (χ2v) is 11.4. The second-order valence-electron chi connectivity index (χ2n) is 8.37. The number of aliphatic hydroxyl groups excluding tert-OH is 1. The maximum Gasteiger partial charge on any atom is 0.301 e. The predicted molar refractivity (Wildman–Crippen MR) is 152 cm³/mol. The van der Waals surface area contributed by atoms with E-state index in [2.05, 4.69) is 10.2 Å². The molecule has 1 saturated heterocycles. The number of methoxy groups -OCH3 is 1. The highest BCUT2D eigenvalue weighted by Crippen LogP contribution is 2.45. The van der Waals surface area contributed by atoms with E-state index in [1.807, 2.05) is 12.1 Å². The predicted octanol–water partition coefficient (Wildman–Crippen LogP) is 6.48. The number of carbonyl (C=O) groups excluding carboxylic acids is 2. The highest BCUT2D eigenvalue weighted by Gasteiger charge is 2.48. The monoisotopic (exact) mass is 599 g/mol. The van der Waals surface area contributed by atoms with Crippen LogP contribution in [-0.4, -0.2) is 39.2 Å². The molecule has 0 spiro atoms. The smallest absolute Gasteiger partial charge is 0.301 e. The molecule has 2 N–H and O–H groups in total. The summed E-state index contributed by atoms with van der Waals surface area (Å²) in [5.41, 5.74) is 1.62. The zero-order chi connectivity index (χ0) is 27.7. The van der Waals surface area contributed by atoms with E-state index in [9.17, 15) is 19.8 Å². The van der Waals surface area contributed by atoms with Crippen LogP contribution in [0.5, 0.6) is 11.5 Å². The first-order chi connectivity index (χ1) is 18.8. The summed E-state index contributed by atoms with van der Waals surface area (Å²) >= 11 is 14.5. The van der Waals surface area contributed by atoms with Gasteiger partial charge in [0.25, 0.3) is 5.78 Å². The molecule has 4 aromatic rings. The SMILES string of the molecule is COc1cc(C2/C(=C(/O)c3ccc(Cl)cc3)C(=O)C(=O)N2c2nnc(SCc3ccc(Cl)cc3)s2)ccc1O. The van der Waals surface area contributed by atoms with Gasteiger partial charge in [0.05, 0.1) is 18.7 Å².